The van der Waals surface area contributed by atoms with E-state index >= 15 is 0 Å². The Kier molecular flexibility index (Phi) is 19.8. The maximum atomic E-state index is 9.49. The van der Waals surface area contributed by atoms with Crippen LogP contribution in [0.1, 0.15) is 126 Å². The highest BCUT2D eigenvalue weighted by Gasteiger charge is 2.09. The lowest BCUT2D eigenvalue weighted by Gasteiger charge is -2.17. The molecule has 0 aliphatic heterocycles. The van der Waals surface area contributed by atoms with Gasteiger partial charge in [-0.05, 0) is 125 Å². The van der Waals surface area contributed by atoms with Crippen molar-refractivity contribution in [3.05, 3.63) is 70.4 Å². The first-order chi connectivity index (χ1) is 16.2. The summed E-state index contributed by atoms with van der Waals surface area (Å²) in [6.07, 6.45) is 25.0. The zero-order valence-electron chi connectivity index (χ0n) is 23.8. The molecule has 1 nitrogen and oxygen atoms in total. The molecule has 0 bridgehead atoms. The Balaban J connectivity index is 4.54. The average Bonchev–Trinajstić information content (AvgIpc) is 2.76. The average molecular weight is 469 g/mol. The molecule has 0 saturated carbocycles. The third kappa shape index (κ3) is 18.8. The first-order valence-electron chi connectivity index (χ1n) is 13.7. The van der Waals surface area contributed by atoms with E-state index < -0.39 is 0 Å². The molecule has 0 amide bonds. The first kappa shape index (κ1) is 32.4. The molecule has 0 radical (unpaired) electrons. The molecule has 0 rings (SSSR count). The number of aliphatic hydroxyl groups is 1. The molecule has 0 fully saturated rings. The Morgan fingerprint density at radius 1 is 0.647 bits per heavy atom. The summed E-state index contributed by atoms with van der Waals surface area (Å²) in [6, 6.07) is 0. The highest BCUT2D eigenvalue weighted by Crippen LogP contribution is 2.25. The molecule has 0 aliphatic rings. The zero-order valence-corrected chi connectivity index (χ0v) is 23.8. The van der Waals surface area contributed by atoms with Crippen LogP contribution in [0.2, 0.25) is 0 Å². The van der Waals surface area contributed by atoms with Crippen LogP contribution in [-0.4, -0.2) is 11.7 Å². The predicted molar refractivity (Wildman–Crippen MR) is 155 cm³/mol. The van der Waals surface area contributed by atoms with Gasteiger partial charge in [-0.3, -0.25) is 0 Å². The maximum Gasteiger partial charge on any atom is 0.0468 e. The van der Waals surface area contributed by atoms with Gasteiger partial charge < -0.3 is 5.11 Å². The fourth-order valence-corrected chi connectivity index (χ4v) is 4.25. The summed E-state index contributed by atoms with van der Waals surface area (Å²) < 4.78 is 0. The van der Waals surface area contributed by atoms with Crippen LogP contribution in [0.15, 0.2) is 70.4 Å². The number of rotatable bonds is 19. The monoisotopic (exact) mass is 468 g/mol. The van der Waals surface area contributed by atoms with Gasteiger partial charge in [-0.25, -0.2) is 0 Å². The van der Waals surface area contributed by atoms with E-state index in [2.05, 4.69) is 85.4 Å². The quantitative estimate of drug-likeness (QED) is 0.187. The second-order valence-electron chi connectivity index (χ2n) is 10.5. The normalized spacial score (nSPS) is 13.6. The van der Waals surface area contributed by atoms with Crippen LogP contribution < -0.4 is 0 Å². The maximum absolute atomic E-state index is 9.49. The molecule has 1 N–H and O–H groups in total. The smallest absolute Gasteiger partial charge is 0.0468 e. The predicted octanol–water partition coefficient (Wildman–Crippen LogP) is 10.6. The Morgan fingerprint density at radius 2 is 1.15 bits per heavy atom. The van der Waals surface area contributed by atoms with Gasteiger partial charge in [-0.15, -0.1) is 0 Å². The van der Waals surface area contributed by atoms with E-state index in [9.17, 15) is 5.11 Å². The molecule has 0 spiro atoms. The van der Waals surface area contributed by atoms with E-state index in [-0.39, 0.29) is 6.61 Å². The minimum atomic E-state index is 0.248. The molecule has 1 heteroatoms. The first-order valence-corrected chi connectivity index (χ1v) is 13.7. The van der Waals surface area contributed by atoms with Gasteiger partial charge in [0, 0.05) is 6.61 Å². The van der Waals surface area contributed by atoms with Gasteiger partial charge in [0.15, 0.2) is 0 Å². The Morgan fingerprint density at radius 3 is 1.62 bits per heavy atom. The van der Waals surface area contributed by atoms with Crippen LogP contribution >= 0.6 is 0 Å². The van der Waals surface area contributed by atoms with Gasteiger partial charge in [0.05, 0.1) is 0 Å². The Hall–Kier alpha value is -1.60. The van der Waals surface area contributed by atoms with Gasteiger partial charge in [-0.1, -0.05) is 77.3 Å². The van der Waals surface area contributed by atoms with Crippen LogP contribution in [0, 0.1) is 5.92 Å². The van der Waals surface area contributed by atoms with Crippen LogP contribution in [0.3, 0.4) is 0 Å². The fraction of sp³-hybridized carbons (Fsp3) is 0.636. The Bertz CT molecular complexity index is 703. The van der Waals surface area contributed by atoms with E-state index in [4.69, 9.17) is 0 Å². The van der Waals surface area contributed by atoms with Crippen molar-refractivity contribution < 1.29 is 5.11 Å². The lowest BCUT2D eigenvalue weighted by atomic mass is 9.89. The van der Waals surface area contributed by atoms with Crippen molar-refractivity contribution in [1.82, 2.24) is 0 Å². The van der Waals surface area contributed by atoms with Crippen molar-refractivity contribution in [2.24, 2.45) is 5.92 Å². The standard InChI is InChI=1S/C33H56O/c1-9-33(31(8)21-12-19-29(6)17-10-15-27(2)3)24-14-23-32(25-26-34)22-13-20-30(7)18-11-16-28(4)5/h15-16,19-20,23,33-34H,8-14,17-18,21-22,24-26H2,1-7H3/b29-19+,30-20+,32-23+. The van der Waals surface area contributed by atoms with Crippen molar-refractivity contribution in [2.45, 2.75) is 126 Å². The van der Waals surface area contributed by atoms with E-state index in [0.717, 1.165) is 64.2 Å². The summed E-state index contributed by atoms with van der Waals surface area (Å²) >= 11 is 0. The minimum absolute atomic E-state index is 0.248. The van der Waals surface area contributed by atoms with Crippen molar-refractivity contribution in [3.63, 3.8) is 0 Å². The number of hydrogen-bond donors (Lipinski definition) is 1. The molecular formula is C33H56O. The molecule has 194 valence electrons. The second-order valence-corrected chi connectivity index (χ2v) is 10.5. The SMILES string of the molecule is C=C(CC/C=C(\C)CCC=C(C)C)C(CC)CC/C=C(/CCO)CC/C=C(\C)CCC=C(C)C. The molecule has 0 aliphatic carbocycles. The molecule has 34 heavy (non-hydrogen) atoms. The highest BCUT2D eigenvalue weighted by atomic mass is 16.2. The highest BCUT2D eigenvalue weighted by molar-refractivity contribution is 5.09. The zero-order chi connectivity index (χ0) is 25.8. The summed E-state index contributed by atoms with van der Waals surface area (Å²) in [4.78, 5) is 0. The van der Waals surface area contributed by atoms with E-state index in [1.54, 1.807) is 0 Å². The van der Waals surface area contributed by atoms with Gasteiger partial charge in [-0.2, -0.15) is 0 Å². The van der Waals surface area contributed by atoms with E-state index in [0.29, 0.717) is 5.92 Å². The van der Waals surface area contributed by atoms with Gasteiger partial charge in [0.1, 0.15) is 0 Å². The van der Waals surface area contributed by atoms with Crippen molar-refractivity contribution in [1.29, 1.82) is 0 Å². The number of allylic oxidation sites excluding steroid dienone is 10. The van der Waals surface area contributed by atoms with Gasteiger partial charge in [0.25, 0.3) is 0 Å². The fourth-order valence-electron chi connectivity index (χ4n) is 4.25. The summed E-state index contributed by atoms with van der Waals surface area (Å²) in [5, 5.41) is 9.49. The molecule has 0 heterocycles. The third-order valence-electron chi connectivity index (χ3n) is 6.55. The van der Waals surface area contributed by atoms with Crippen molar-refractivity contribution >= 4 is 0 Å². The minimum Gasteiger partial charge on any atom is -0.396 e. The molecule has 1 atom stereocenters. The van der Waals surface area contributed by atoms with Crippen molar-refractivity contribution in [3.8, 4) is 0 Å². The van der Waals surface area contributed by atoms with E-state index in [1.165, 1.54) is 46.3 Å². The lowest BCUT2D eigenvalue weighted by molar-refractivity contribution is 0.297. The third-order valence-corrected chi connectivity index (χ3v) is 6.55. The van der Waals surface area contributed by atoms with Crippen LogP contribution in [0.25, 0.3) is 0 Å². The summed E-state index contributed by atoms with van der Waals surface area (Å²) in [5.74, 6) is 0.600. The van der Waals surface area contributed by atoms with Crippen LogP contribution in [0.5, 0.6) is 0 Å². The lowest BCUT2D eigenvalue weighted by Crippen LogP contribution is -2.02. The largest absolute Gasteiger partial charge is 0.396 e. The molecule has 0 aromatic heterocycles. The summed E-state index contributed by atoms with van der Waals surface area (Å²) in [5.41, 5.74) is 8.59. The number of aliphatic hydroxyl groups excluding tert-OH is 1. The molecular weight excluding hydrogens is 412 g/mol. The van der Waals surface area contributed by atoms with Gasteiger partial charge in [0.2, 0.25) is 0 Å². The molecule has 0 aromatic rings. The summed E-state index contributed by atoms with van der Waals surface area (Å²) in [6.45, 7) is 20.1. The number of hydrogen-bond acceptors (Lipinski definition) is 1. The molecule has 0 aromatic carbocycles. The Labute approximate surface area is 213 Å². The van der Waals surface area contributed by atoms with Gasteiger partial charge >= 0.3 is 0 Å². The second kappa shape index (κ2) is 20.7. The van der Waals surface area contributed by atoms with Crippen LogP contribution in [-0.2, 0) is 0 Å². The van der Waals surface area contributed by atoms with Crippen LogP contribution in [0.4, 0.5) is 0 Å². The van der Waals surface area contributed by atoms with Crippen molar-refractivity contribution in [2.75, 3.05) is 6.61 Å². The topological polar surface area (TPSA) is 20.2 Å². The van der Waals surface area contributed by atoms with E-state index in [1.807, 2.05) is 0 Å². The molecule has 0 saturated heterocycles. The summed E-state index contributed by atoms with van der Waals surface area (Å²) in [7, 11) is 0. The molecule has 1 unspecified atom stereocenters.